The number of carbonyl (C=O) groups is 1. The number of rotatable bonds is 4. The molecule has 0 spiro atoms. The van der Waals surface area contributed by atoms with Crippen molar-refractivity contribution in [2.45, 2.75) is 32.2 Å². The number of halogens is 2. The van der Waals surface area contributed by atoms with Gasteiger partial charge in [-0.3, -0.25) is 4.79 Å². The lowest BCUT2D eigenvalue weighted by Gasteiger charge is -2.22. The monoisotopic (exact) mass is 368 g/mol. The molecule has 138 valence electrons. The average molecular weight is 368 g/mol. The molecule has 3 aromatic rings. The lowest BCUT2D eigenvalue weighted by atomic mass is 10.1. The minimum absolute atomic E-state index is 0.0212. The minimum atomic E-state index is -0.712. The Bertz CT molecular complexity index is 979. The molecule has 4 rings (SSSR count). The maximum atomic E-state index is 13.9. The number of hydrogen-bond donors (Lipinski definition) is 0. The summed E-state index contributed by atoms with van der Waals surface area (Å²) in [7, 11) is 0. The second kappa shape index (κ2) is 6.95. The fraction of sp³-hybridized carbons (Fsp3) is 0.238. The zero-order valence-electron chi connectivity index (χ0n) is 14.8. The van der Waals surface area contributed by atoms with Gasteiger partial charge in [0.1, 0.15) is 11.6 Å². The molecule has 2 aromatic carbocycles. The van der Waals surface area contributed by atoms with Gasteiger partial charge in [0, 0.05) is 24.6 Å². The van der Waals surface area contributed by atoms with Crippen LogP contribution in [0.3, 0.4) is 0 Å². The standard InChI is InChI=1S/C21H18F2N2O2/c1-13-11-14-5-2-3-8-17(14)25(13)20(26)10-9-19-24-12-18(27-19)21-15(22)6-4-7-16(21)23/h2-8,12-13H,9-11H2,1H3. The summed E-state index contributed by atoms with van der Waals surface area (Å²) in [6.45, 7) is 2.02. The van der Waals surface area contributed by atoms with Crippen molar-refractivity contribution < 1.29 is 18.0 Å². The normalized spacial score (nSPS) is 15.8. The summed E-state index contributed by atoms with van der Waals surface area (Å²) in [5.41, 5.74) is 1.85. The van der Waals surface area contributed by atoms with Gasteiger partial charge in [0.2, 0.25) is 5.91 Å². The molecule has 1 amide bonds. The van der Waals surface area contributed by atoms with E-state index < -0.39 is 11.6 Å². The van der Waals surface area contributed by atoms with E-state index in [0.717, 1.165) is 29.8 Å². The highest BCUT2D eigenvalue weighted by Gasteiger charge is 2.30. The first-order valence-electron chi connectivity index (χ1n) is 8.83. The highest BCUT2D eigenvalue weighted by Crippen LogP contribution is 2.32. The third kappa shape index (κ3) is 3.23. The molecule has 1 aliphatic heterocycles. The van der Waals surface area contributed by atoms with Crippen molar-refractivity contribution >= 4 is 11.6 Å². The molecule has 1 aliphatic rings. The van der Waals surface area contributed by atoms with Crippen molar-refractivity contribution in [3.63, 3.8) is 0 Å². The molecule has 0 saturated heterocycles. The summed E-state index contributed by atoms with van der Waals surface area (Å²) in [6.07, 6.45) is 2.59. The lowest BCUT2D eigenvalue weighted by molar-refractivity contribution is -0.118. The van der Waals surface area contributed by atoms with E-state index in [1.165, 1.54) is 12.3 Å². The van der Waals surface area contributed by atoms with Crippen LogP contribution < -0.4 is 4.90 Å². The van der Waals surface area contributed by atoms with Crippen molar-refractivity contribution in [1.82, 2.24) is 4.98 Å². The maximum Gasteiger partial charge on any atom is 0.227 e. The molecule has 1 atom stereocenters. The molecular formula is C21H18F2N2O2. The first-order chi connectivity index (χ1) is 13.0. The zero-order chi connectivity index (χ0) is 19.0. The minimum Gasteiger partial charge on any atom is -0.441 e. The number of para-hydroxylation sites is 1. The molecule has 0 bridgehead atoms. The zero-order valence-corrected chi connectivity index (χ0v) is 14.8. The van der Waals surface area contributed by atoms with E-state index in [0.29, 0.717) is 0 Å². The molecule has 27 heavy (non-hydrogen) atoms. The van der Waals surface area contributed by atoms with E-state index in [1.54, 1.807) is 4.90 Å². The number of fused-ring (bicyclic) bond motifs is 1. The number of anilines is 1. The van der Waals surface area contributed by atoms with Crippen molar-refractivity contribution in [3.05, 3.63) is 71.8 Å². The molecule has 0 fully saturated rings. The number of benzene rings is 2. The highest BCUT2D eigenvalue weighted by molar-refractivity contribution is 5.96. The summed E-state index contributed by atoms with van der Waals surface area (Å²) in [6, 6.07) is 11.6. The highest BCUT2D eigenvalue weighted by atomic mass is 19.1. The van der Waals surface area contributed by atoms with Crippen molar-refractivity contribution in [1.29, 1.82) is 0 Å². The van der Waals surface area contributed by atoms with Crippen LogP contribution in [0.25, 0.3) is 11.3 Å². The van der Waals surface area contributed by atoms with Gasteiger partial charge < -0.3 is 9.32 Å². The first kappa shape index (κ1) is 17.4. The fourth-order valence-corrected chi connectivity index (χ4v) is 3.55. The number of oxazole rings is 1. The average Bonchev–Trinajstić information content (AvgIpc) is 3.23. The van der Waals surface area contributed by atoms with Gasteiger partial charge in [-0.05, 0) is 37.1 Å². The van der Waals surface area contributed by atoms with Crippen LogP contribution in [0.4, 0.5) is 14.5 Å². The largest absolute Gasteiger partial charge is 0.441 e. The van der Waals surface area contributed by atoms with E-state index in [-0.39, 0.29) is 42.0 Å². The number of hydrogen-bond acceptors (Lipinski definition) is 3. The predicted octanol–water partition coefficient (Wildman–Crippen LogP) is 4.53. The topological polar surface area (TPSA) is 46.3 Å². The van der Waals surface area contributed by atoms with E-state index in [4.69, 9.17) is 4.42 Å². The number of nitrogens with zero attached hydrogens (tertiary/aromatic N) is 2. The van der Waals surface area contributed by atoms with Gasteiger partial charge in [0.15, 0.2) is 11.7 Å². The van der Waals surface area contributed by atoms with Gasteiger partial charge in [-0.1, -0.05) is 24.3 Å². The molecule has 0 aliphatic carbocycles. The Morgan fingerprint density at radius 1 is 1.19 bits per heavy atom. The Kier molecular flexibility index (Phi) is 4.48. The van der Waals surface area contributed by atoms with Crippen LogP contribution in [0.2, 0.25) is 0 Å². The van der Waals surface area contributed by atoms with Crippen LogP contribution >= 0.6 is 0 Å². The Hall–Kier alpha value is -3.02. The summed E-state index contributed by atoms with van der Waals surface area (Å²) in [5, 5.41) is 0. The van der Waals surface area contributed by atoms with Crippen molar-refractivity contribution in [2.75, 3.05) is 4.90 Å². The third-order valence-corrected chi connectivity index (χ3v) is 4.79. The number of aryl methyl sites for hydroxylation is 1. The van der Waals surface area contributed by atoms with Gasteiger partial charge in [0.25, 0.3) is 0 Å². The van der Waals surface area contributed by atoms with E-state index >= 15 is 0 Å². The number of amides is 1. The van der Waals surface area contributed by atoms with Crippen molar-refractivity contribution in [2.24, 2.45) is 0 Å². The Morgan fingerprint density at radius 3 is 2.70 bits per heavy atom. The fourth-order valence-electron chi connectivity index (χ4n) is 3.55. The van der Waals surface area contributed by atoms with Crippen LogP contribution in [0, 0.1) is 11.6 Å². The van der Waals surface area contributed by atoms with Crippen LogP contribution in [-0.4, -0.2) is 16.9 Å². The first-order valence-corrected chi connectivity index (χ1v) is 8.83. The quantitative estimate of drug-likeness (QED) is 0.680. The summed E-state index contributed by atoms with van der Waals surface area (Å²) in [5.74, 6) is -1.15. The van der Waals surface area contributed by atoms with Crippen LogP contribution in [-0.2, 0) is 17.6 Å². The predicted molar refractivity (Wildman–Crippen MR) is 97.3 cm³/mol. The smallest absolute Gasteiger partial charge is 0.227 e. The molecular weight excluding hydrogens is 350 g/mol. The van der Waals surface area contributed by atoms with Gasteiger partial charge in [-0.15, -0.1) is 0 Å². The van der Waals surface area contributed by atoms with E-state index in [1.807, 2.05) is 31.2 Å². The molecule has 4 nitrogen and oxygen atoms in total. The summed E-state index contributed by atoms with van der Waals surface area (Å²) >= 11 is 0. The maximum absolute atomic E-state index is 13.9. The Morgan fingerprint density at radius 2 is 1.93 bits per heavy atom. The molecule has 0 N–H and O–H groups in total. The van der Waals surface area contributed by atoms with Gasteiger partial charge in [-0.2, -0.15) is 0 Å². The lowest BCUT2D eigenvalue weighted by Crippen LogP contribution is -2.35. The molecule has 0 saturated carbocycles. The second-order valence-corrected chi connectivity index (χ2v) is 6.66. The molecule has 2 heterocycles. The SMILES string of the molecule is CC1Cc2ccccc2N1C(=O)CCc1ncc(-c2c(F)cccc2F)o1. The molecule has 0 radical (unpaired) electrons. The number of carbonyl (C=O) groups excluding carboxylic acids is 1. The number of aromatic nitrogens is 1. The summed E-state index contributed by atoms with van der Waals surface area (Å²) < 4.78 is 33.2. The Balaban J connectivity index is 1.47. The molecule has 1 unspecified atom stereocenters. The van der Waals surface area contributed by atoms with Gasteiger partial charge in [-0.25, -0.2) is 13.8 Å². The third-order valence-electron chi connectivity index (χ3n) is 4.79. The molecule has 6 heteroatoms. The van der Waals surface area contributed by atoms with E-state index in [9.17, 15) is 13.6 Å². The Labute approximate surface area is 155 Å². The summed E-state index contributed by atoms with van der Waals surface area (Å²) in [4.78, 5) is 18.6. The van der Waals surface area contributed by atoms with Crippen LogP contribution in [0.1, 0.15) is 24.8 Å². The van der Waals surface area contributed by atoms with Gasteiger partial charge >= 0.3 is 0 Å². The molecule has 1 aromatic heterocycles. The van der Waals surface area contributed by atoms with E-state index in [2.05, 4.69) is 4.98 Å². The van der Waals surface area contributed by atoms with Crippen molar-refractivity contribution in [3.8, 4) is 11.3 Å². The van der Waals surface area contributed by atoms with Gasteiger partial charge in [0.05, 0.1) is 11.8 Å². The second-order valence-electron chi connectivity index (χ2n) is 6.66. The van der Waals surface area contributed by atoms with Crippen LogP contribution in [0.15, 0.2) is 53.1 Å². The van der Waals surface area contributed by atoms with Crippen LogP contribution in [0.5, 0.6) is 0 Å².